The van der Waals surface area contributed by atoms with Crippen LogP contribution in [0.25, 0.3) is 0 Å². The van der Waals surface area contributed by atoms with Crippen molar-refractivity contribution >= 4 is 27.5 Å². The Hall–Kier alpha value is -0.0200. The topological polar surface area (TPSA) is 17.8 Å². The van der Waals surface area contributed by atoms with Crippen molar-refractivity contribution in [1.29, 1.82) is 0 Å². The van der Waals surface area contributed by atoms with Crippen molar-refractivity contribution in [3.8, 4) is 0 Å². The fourth-order valence-corrected chi connectivity index (χ4v) is 5.47. The molecule has 20 heavy (non-hydrogen) atoms. The summed E-state index contributed by atoms with van der Waals surface area (Å²) in [7, 11) is 2.00. The first kappa shape index (κ1) is 16.4. The molecular formula is C16H26BrClN2. The molecule has 0 N–H and O–H groups in total. The summed E-state index contributed by atoms with van der Waals surface area (Å²) in [6.45, 7) is 9.09. The lowest BCUT2D eigenvalue weighted by Crippen LogP contribution is -2.37. The first-order valence-corrected chi connectivity index (χ1v) is 8.83. The van der Waals surface area contributed by atoms with Gasteiger partial charge in [-0.05, 0) is 43.4 Å². The smallest absolute Gasteiger partial charge is 0.0847 e. The van der Waals surface area contributed by atoms with Gasteiger partial charge in [0.05, 0.1) is 16.4 Å². The van der Waals surface area contributed by atoms with E-state index in [9.17, 15) is 0 Å². The standard InChI is InChI=1S/C16H26BrClN2/c1-10-6-7-12(13(17)8-10)16(3,4)9-14-15(18)11(2)19-20(14)5/h10,12-13H,6-9H2,1-5H3. The molecule has 1 aromatic rings. The van der Waals surface area contributed by atoms with Gasteiger partial charge in [-0.3, -0.25) is 4.68 Å². The molecule has 0 aromatic carbocycles. The second-order valence-corrected chi connectivity index (χ2v) is 8.73. The fraction of sp³-hybridized carbons (Fsp3) is 0.812. The zero-order valence-corrected chi connectivity index (χ0v) is 15.6. The summed E-state index contributed by atoms with van der Waals surface area (Å²) in [5, 5.41) is 5.29. The summed E-state index contributed by atoms with van der Waals surface area (Å²) in [6, 6.07) is 0. The Balaban J connectivity index is 2.18. The fourth-order valence-electron chi connectivity index (χ4n) is 3.63. The molecule has 1 aliphatic carbocycles. The molecule has 0 radical (unpaired) electrons. The Labute approximate surface area is 136 Å². The molecule has 2 nitrogen and oxygen atoms in total. The van der Waals surface area contributed by atoms with E-state index < -0.39 is 0 Å². The lowest BCUT2D eigenvalue weighted by Gasteiger charge is -2.42. The van der Waals surface area contributed by atoms with Crippen LogP contribution >= 0.6 is 27.5 Å². The van der Waals surface area contributed by atoms with E-state index in [2.05, 4.69) is 41.8 Å². The van der Waals surface area contributed by atoms with Crippen molar-refractivity contribution < 1.29 is 0 Å². The van der Waals surface area contributed by atoms with E-state index in [1.807, 2.05) is 18.7 Å². The molecule has 0 amide bonds. The lowest BCUT2D eigenvalue weighted by atomic mass is 9.67. The van der Waals surface area contributed by atoms with Crippen molar-refractivity contribution in [1.82, 2.24) is 9.78 Å². The summed E-state index contributed by atoms with van der Waals surface area (Å²) < 4.78 is 1.95. The maximum absolute atomic E-state index is 6.42. The molecule has 1 heterocycles. The molecule has 1 aliphatic rings. The normalized spacial score (nSPS) is 27.9. The maximum Gasteiger partial charge on any atom is 0.0847 e. The monoisotopic (exact) mass is 360 g/mol. The van der Waals surface area contributed by atoms with E-state index in [1.165, 1.54) is 25.0 Å². The molecular weight excluding hydrogens is 336 g/mol. The Kier molecular flexibility index (Phi) is 4.91. The van der Waals surface area contributed by atoms with Crippen LogP contribution in [0.1, 0.15) is 51.4 Å². The number of hydrogen-bond donors (Lipinski definition) is 0. The van der Waals surface area contributed by atoms with E-state index in [0.717, 1.165) is 23.1 Å². The predicted octanol–water partition coefficient (Wildman–Crippen LogP) is 5.15. The minimum atomic E-state index is 0.234. The third-order valence-electron chi connectivity index (χ3n) is 4.92. The molecule has 3 atom stereocenters. The van der Waals surface area contributed by atoms with Crippen molar-refractivity contribution in [2.45, 2.75) is 58.2 Å². The largest absolute Gasteiger partial charge is 0.271 e. The van der Waals surface area contributed by atoms with Gasteiger partial charge in [-0.25, -0.2) is 0 Å². The SMILES string of the molecule is Cc1nn(C)c(CC(C)(C)C2CCC(C)CC2Br)c1Cl. The second kappa shape index (κ2) is 6.00. The number of alkyl halides is 1. The van der Waals surface area contributed by atoms with Gasteiger partial charge in [0, 0.05) is 11.9 Å². The van der Waals surface area contributed by atoms with Crippen LogP contribution in [0.2, 0.25) is 5.02 Å². The van der Waals surface area contributed by atoms with Gasteiger partial charge in [-0.2, -0.15) is 5.10 Å². The molecule has 0 saturated heterocycles. The Morgan fingerprint density at radius 3 is 2.55 bits per heavy atom. The second-order valence-electron chi connectivity index (χ2n) is 7.18. The third kappa shape index (κ3) is 3.24. The molecule has 1 aromatic heterocycles. The number of nitrogens with zero attached hydrogens (tertiary/aromatic N) is 2. The molecule has 3 unspecified atom stereocenters. The van der Waals surface area contributed by atoms with E-state index in [0.29, 0.717) is 10.7 Å². The van der Waals surface area contributed by atoms with Crippen molar-refractivity contribution in [3.63, 3.8) is 0 Å². The number of aromatic nitrogens is 2. The maximum atomic E-state index is 6.42. The molecule has 1 fully saturated rings. The highest BCUT2D eigenvalue weighted by atomic mass is 79.9. The van der Waals surface area contributed by atoms with Crippen LogP contribution in [0.5, 0.6) is 0 Å². The molecule has 0 aliphatic heterocycles. The van der Waals surface area contributed by atoms with Gasteiger partial charge >= 0.3 is 0 Å². The Bertz CT molecular complexity index is 481. The first-order valence-electron chi connectivity index (χ1n) is 7.54. The molecule has 2 rings (SSSR count). The summed E-state index contributed by atoms with van der Waals surface area (Å²) in [5.74, 6) is 1.54. The van der Waals surface area contributed by atoms with Crippen LogP contribution in [0.4, 0.5) is 0 Å². The highest BCUT2D eigenvalue weighted by molar-refractivity contribution is 9.09. The third-order valence-corrected chi connectivity index (χ3v) is 6.43. The summed E-state index contributed by atoms with van der Waals surface area (Å²) >= 11 is 10.4. The molecule has 0 spiro atoms. The Morgan fingerprint density at radius 2 is 2.05 bits per heavy atom. The van der Waals surface area contributed by atoms with Gasteiger partial charge in [-0.15, -0.1) is 0 Å². The summed E-state index contributed by atoms with van der Waals surface area (Å²) in [4.78, 5) is 0.620. The van der Waals surface area contributed by atoms with E-state index in [-0.39, 0.29) is 5.41 Å². The zero-order chi connectivity index (χ0) is 15.1. The van der Waals surface area contributed by atoms with Crippen LogP contribution in [-0.4, -0.2) is 14.6 Å². The zero-order valence-electron chi connectivity index (χ0n) is 13.2. The lowest BCUT2D eigenvalue weighted by molar-refractivity contribution is 0.144. The van der Waals surface area contributed by atoms with Crippen molar-refractivity contribution in [3.05, 3.63) is 16.4 Å². The summed E-state index contributed by atoms with van der Waals surface area (Å²) in [5.41, 5.74) is 2.35. The van der Waals surface area contributed by atoms with Crippen LogP contribution in [0.15, 0.2) is 0 Å². The van der Waals surface area contributed by atoms with Gasteiger partial charge in [0.2, 0.25) is 0 Å². The molecule has 114 valence electrons. The highest BCUT2D eigenvalue weighted by Gasteiger charge is 2.38. The number of halogens is 2. The minimum absolute atomic E-state index is 0.234. The average Bonchev–Trinajstić information content (AvgIpc) is 2.55. The van der Waals surface area contributed by atoms with Crippen LogP contribution in [0, 0.1) is 24.2 Å². The highest BCUT2D eigenvalue weighted by Crippen LogP contribution is 2.45. The van der Waals surface area contributed by atoms with Gasteiger partial charge in [0.1, 0.15) is 0 Å². The predicted molar refractivity (Wildman–Crippen MR) is 89.7 cm³/mol. The van der Waals surface area contributed by atoms with E-state index in [4.69, 9.17) is 11.6 Å². The average molecular weight is 362 g/mol. The van der Waals surface area contributed by atoms with E-state index in [1.54, 1.807) is 0 Å². The van der Waals surface area contributed by atoms with Gasteiger partial charge in [-0.1, -0.05) is 54.7 Å². The van der Waals surface area contributed by atoms with Crippen LogP contribution in [0.3, 0.4) is 0 Å². The number of hydrogen-bond acceptors (Lipinski definition) is 1. The Morgan fingerprint density at radius 1 is 1.40 bits per heavy atom. The quantitative estimate of drug-likeness (QED) is 0.681. The number of rotatable bonds is 3. The van der Waals surface area contributed by atoms with Gasteiger partial charge in [0.25, 0.3) is 0 Å². The van der Waals surface area contributed by atoms with Crippen molar-refractivity contribution in [2.24, 2.45) is 24.3 Å². The molecule has 0 bridgehead atoms. The van der Waals surface area contributed by atoms with Crippen LogP contribution < -0.4 is 0 Å². The summed E-state index contributed by atoms with van der Waals surface area (Å²) in [6.07, 6.45) is 4.92. The van der Waals surface area contributed by atoms with Crippen LogP contribution in [-0.2, 0) is 13.5 Å². The minimum Gasteiger partial charge on any atom is -0.271 e. The molecule has 4 heteroatoms. The van der Waals surface area contributed by atoms with Crippen molar-refractivity contribution in [2.75, 3.05) is 0 Å². The number of aryl methyl sites for hydroxylation is 2. The first-order chi connectivity index (χ1) is 9.22. The molecule has 1 saturated carbocycles. The van der Waals surface area contributed by atoms with Gasteiger partial charge in [0.15, 0.2) is 0 Å². The van der Waals surface area contributed by atoms with E-state index >= 15 is 0 Å². The van der Waals surface area contributed by atoms with Gasteiger partial charge < -0.3 is 0 Å².